The fourth-order valence-electron chi connectivity index (χ4n) is 1.33. The van der Waals surface area contributed by atoms with E-state index in [9.17, 15) is 14.7 Å². The molecule has 90 valence electrons. The molecular weight excluding hydrogens is 286 g/mol. The van der Waals surface area contributed by atoms with Crippen molar-refractivity contribution in [3.8, 4) is 0 Å². The Labute approximate surface area is 110 Å². The summed E-state index contributed by atoms with van der Waals surface area (Å²) in [6.07, 6.45) is 1.36. The van der Waals surface area contributed by atoms with Gasteiger partial charge in [-0.1, -0.05) is 12.1 Å². The fourth-order valence-corrected chi connectivity index (χ4v) is 1.63. The van der Waals surface area contributed by atoms with Gasteiger partial charge in [0.1, 0.15) is 5.52 Å². The SMILES string of the molecule is Cl.Cl.O=Pc1cnc2c([N+](=O)[O-])cccc2c1. The molecule has 2 aromatic rings. The number of nitro benzene ring substituents is 1. The fraction of sp³-hybridized carbons (Fsp3) is 0. The summed E-state index contributed by atoms with van der Waals surface area (Å²) >= 11 is 0. The van der Waals surface area contributed by atoms with Gasteiger partial charge in [-0.2, -0.15) is 0 Å². The van der Waals surface area contributed by atoms with Gasteiger partial charge in [0, 0.05) is 17.6 Å². The second kappa shape index (κ2) is 6.45. The van der Waals surface area contributed by atoms with Gasteiger partial charge in [0.2, 0.25) is 0 Å². The highest BCUT2D eigenvalue weighted by Gasteiger charge is 2.12. The molecule has 8 heteroatoms. The van der Waals surface area contributed by atoms with Crippen LogP contribution >= 0.6 is 33.3 Å². The zero-order chi connectivity index (χ0) is 10.8. The van der Waals surface area contributed by atoms with E-state index in [1.807, 2.05) is 0 Å². The number of nitrogens with zero attached hydrogens (tertiary/aromatic N) is 2. The van der Waals surface area contributed by atoms with Crippen LogP contribution in [0.2, 0.25) is 0 Å². The number of non-ortho nitro benzene ring substituents is 1. The highest BCUT2D eigenvalue weighted by atomic mass is 35.5. The molecule has 1 aromatic carbocycles. The van der Waals surface area contributed by atoms with Gasteiger partial charge in [0.15, 0.2) is 8.46 Å². The van der Waals surface area contributed by atoms with Crippen molar-refractivity contribution < 1.29 is 9.49 Å². The van der Waals surface area contributed by atoms with E-state index in [0.29, 0.717) is 16.2 Å². The van der Waals surface area contributed by atoms with Crippen LogP contribution in [0.5, 0.6) is 0 Å². The van der Waals surface area contributed by atoms with E-state index in [1.54, 1.807) is 18.2 Å². The third-order valence-corrected chi connectivity index (χ3v) is 2.43. The monoisotopic (exact) mass is 292 g/mol. The van der Waals surface area contributed by atoms with E-state index in [-0.39, 0.29) is 39.0 Å². The molecule has 0 spiro atoms. The number of aromatic nitrogens is 1. The molecule has 0 bridgehead atoms. The van der Waals surface area contributed by atoms with Crippen LogP contribution in [-0.2, 0) is 4.57 Å². The largest absolute Gasteiger partial charge is 0.295 e. The van der Waals surface area contributed by atoms with Gasteiger partial charge in [0.25, 0.3) is 5.69 Å². The lowest BCUT2D eigenvalue weighted by molar-refractivity contribution is -0.383. The van der Waals surface area contributed by atoms with Crippen molar-refractivity contribution in [1.29, 1.82) is 0 Å². The Balaban J connectivity index is 0.00000128. The third kappa shape index (κ3) is 3.09. The number of hydrogen-bond donors (Lipinski definition) is 0. The summed E-state index contributed by atoms with van der Waals surface area (Å²) in [6.45, 7) is 0. The number of rotatable bonds is 2. The molecule has 0 amide bonds. The topological polar surface area (TPSA) is 73.1 Å². The molecule has 0 N–H and O–H groups in total. The molecule has 0 unspecified atom stereocenters. The molecule has 0 aliphatic heterocycles. The van der Waals surface area contributed by atoms with Crippen LogP contribution in [0.25, 0.3) is 10.9 Å². The average molecular weight is 293 g/mol. The van der Waals surface area contributed by atoms with Crippen molar-refractivity contribution in [2.45, 2.75) is 0 Å². The van der Waals surface area contributed by atoms with Gasteiger partial charge in [-0.15, -0.1) is 24.8 Å². The maximum Gasteiger partial charge on any atom is 0.295 e. The molecule has 1 aromatic heterocycles. The van der Waals surface area contributed by atoms with E-state index >= 15 is 0 Å². The molecule has 0 saturated heterocycles. The first-order valence-electron chi connectivity index (χ1n) is 4.09. The van der Waals surface area contributed by atoms with Crippen molar-refractivity contribution in [2.75, 3.05) is 0 Å². The molecule has 1 heterocycles. The number of para-hydroxylation sites is 1. The number of nitro groups is 1. The summed E-state index contributed by atoms with van der Waals surface area (Å²) in [4.78, 5) is 14.1. The molecule has 0 aliphatic carbocycles. The van der Waals surface area contributed by atoms with Crippen LogP contribution in [0, 0.1) is 10.1 Å². The zero-order valence-corrected chi connectivity index (χ0v) is 10.8. The average Bonchev–Trinajstić information content (AvgIpc) is 2.27. The first-order valence-corrected chi connectivity index (χ1v) is 4.90. The van der Waals surface area contributed by atoms with E-state index in [2.05, 4.69) is 4.98 Å². The molecule has 0 atom stereocenters. The lowest BCUT2D eigenvalue weighted by Gasteiger charge is -1.98. The van der Waals surface area contributed by atoms with Gasteiger partial charge in [0.05, 0.1) is 10.2 Å². The molecule has 0 fully saturated rings. The number of pyridine rings is 1. The van der Waals surface area contributed by atoms with E-state index in [0.717, 1.165) is 0 Å². The van der Waals surface area contributed by atoms with E-state index in [1.165, 1.54) is 12.3 Å². The molecule has 2 rings (SSSR count). The number of fused-ring (bicyclic) bond motifs is 1. The number of hydrogen-bond acceptors (Lipinski definition) is 4. The Kier molecular flexibility index (Phi) is 5.96. The Morgan fingerprint density at radius 1 is 1.29 bits per heavy atom. The Morgan fingerprint density at radius 3 is 2.59 bits per heavy atom. The zero-order valence-electron chi connectivity index (χ0n) is 8.27. The van der Waals surface area contributed by atoms with Gasteiger partial charge in [-0.3, -0.25) is 14.7 Å². The minimum absolute atomic E-state index is 0. The Bertz CT molecular complexity index is 565. The predicted molar refractivity (Wildman–Crippen MR) is 70.1 cm³/mol. The van der Waals surface area contributed by atoms with Crippen molar-refractivity contribution in [1.82, 2.24) is 4.98 Å². The Hall–Kier alpha value is -1.29. The lowest BCUT2D eigenvalue weighted by Crippen LogP contribution is -1.96. The predicted octanol–water partition coefficient (Wildman–Crippen LogP) is 2.90. The molecular formula is C9H7Cl2N2O3P. The second-order valence-electron chi connectivity index (χ2n) is 2.89. The summed E-state index contributed by atoms with van der Waals surface area (Å²) < 4.78 is 10.6. The molecule has 0 aliphatic rings. The van der Waals surface area contributed by atoms with Crippen molar-refractivity contribution in [2.24, 2.45) is 0 Å². The maximum absolute atomic E-state index is 10.7. The standard InChI is InChI=1S/C9H5N2O3P.2ClH/c12-11(13)8-3-1-2-6-4-7(15-14)5-10-9(6)8;;/h1-5H;2*1H. The second-order valence-corrected chi connectivity index (χ2v) is 3.59. The van der Waals surface area contributed by atoms with Gasteiger partial charge in [-0.05, 0) is 6.07 Å². The minimum Gasteiger partial charge on any atom is -0.269 e. The van der Waals surface area contributed by atoms with Crippen LogP contribution in [0.1, 0.15) is 0 Å². The minimum atomic E-state index is -0.482. The lowest BCUT2D eigenvalue weighted by atomic mass is 10.2. The van der Waals surface area contributed by atoms with Crippen LogP contribution in [0.4, 0.5) is 5.69 Å². The highest BCUT2D eigenvalue weighted by molar-refractivity contribution is 7.34. The van der Waals surface area contributed by atoms with Crippen LogP contribution in [0.3, 0.4) is 0 Å². The van der Waals surface area contributed by atoms with Crippen LogP contribution < -0.4 is 5.30 Å². The van der Waals surface area contributed by atoms with Gasteiger partial charge < -0.3 is 0 Å². The highest BCUT2D eigenvalue weighted by Crippen LogP contribution is 2.22. The molecule has 5 nitrogen and oxygen atoms in total. The molecule has 0 radical (unpaired) electrons. The number of benzene rings is 1. The van der Waals surface area contributed by atoms with Crippen molar-refractivity contribution >= 4 is 55.2 Å². The van der Waals surface area contributed by atoms with E-state index in [4.69, 9.17) is 0 Å². The smallest absolute Gasteiger partial charge is 0.269 e. The van der Waals surface area contributed by atoms with Crippen molar-refractivity contribution in [3.05, 3.63) is 40.6 Å². The van der Waals surface area contributed by atoms with Gasteiger partial charge in [-0.25, -0.2) is 4.98 Å². The number of halogens is 2. The maximum atomic E-state index is 10.7. The normalized spacial score (nSPS) is 9.41. The third-order valence-electron chi connectivity index (χ3n) is 1.98. The first-order chi connectivity index (χ1) is 7.22. The van der Waals surface area contributed by atoms with Gasteiger partial charge >= 0.3 is 0 Å². The molecule has 17 heavy (non-hydrogen) atoms. The summed E-state index contributed by atoms with van der Waals surface area (Å²) in [5.41, 5.74) is 0.275. The Morgan fingerprint density at radius 2 is 2.00 bits per heavy atom. The molecule has 0 saturated carbocycles. The quantitative estimate of drug-likeness (QED) is 0.485. The van der Waals surface area contributed by atoms with Crippen LogP contribution in [0.15, 0.2) is 30.5 Å². The van der Waals surface area contributed by atoms with E-state index < -0.39 is 4.92 Å². The first kappa shape index (κ1) is 15.7. The summed E-state index contributed by atoms with van der Waals surface area (Å²) in [7, 11) is -0.141. The van der Waals surface area contributed by atoms with Crippen molar-refractivity contribution in [3.63, 3.8) is 0 Å². The summed E-state index contributed by atoms with van der Waals surface area (Å²) in [5, 5.41) is 11.8. The summed E-state index contributed by atoms with van der Waals surface area (Å²) in [6, 6.07) is 6.28. The summed E-state index contributed by atoms with van der Waals surface area (Å²) in [5.74, 6) is 0. The van der Waals surface area contributed by atoms with Crippen LogP contribution in [-0.4, -0.2) is 9.91 Å².